The average Bonchev–Trinajstić information content (AvgIpc) is 2.78. The van der Waals surface area contributed by atoms with Crippen molar-refractivity contribution in [3.05, 3.63) is 11.1 Å². The molecule has 0 heterocycles. The molecule has 0 aromatic carbocycles. The van der Waals surface area contributed by atoms with Gasteiger partial charge in [0.25, 0.3) is 0 Å². The fourth-order valence-electron chi connectivity index (χ4n) is 4.03. The number of ether oxygens (including phenoxy) is 2. The lowest BCUT2D eigenvalue weighted by Gasteiger charge is -2.22. The first-order valence-corrected chi connectivity index (χ1v) is 14.3. The van der Waals surface area contributed by atoms with Crippen molar-refractivity contribution in [3.63, 3.8) is 0 Å². The van der Waals surface area contributed by atoms with E-state index < -0.39 is 0 Å². The summed E-state index contributed by atoms with van der Waals surface area (Å²) in [7, 11) is 0. The third-order valence-corrected chi connectivity index (χ3v) is 6.06. The van der Waals surface area contributed by atoms with E-state index in [4.69, 9.17) is 9.47 Å². The standard InChI is InChI=1S/C30H56O4/c1-7-10-13-15-17-20-23-33-28(31)26(22-19-12-9-3)27(25-30(4,5)6)29(32)34-24-21-18-16-14-11-8-2/h7-25H2,1-6H3/b27-26-. The smallest absolute Gasteiger partial charge is 0.334 e. The van der Waals surface area contributed by atoms with Gasteiger partial charge in [-0.3, -0.25) is 0 Å². The van der Waals surface area contributed by atoms with Crippen LogP contribution < -0.4 is 0 Å². The molecule has 0 aromatic heterocycles. The highest BCUT2D eigenvalue weighted by molar-refractivity contribution is 6.00. The summed E-state index contributed by atoms with van der Waals surface area (Å²) >= 11 is 0. The maximum Gasteiger partial charge on any atom is 0.334 e. The molecule has 0 unspecified atom stereocenters. The first kappa shape index (κ1) is 32.7. The molecule has 0 N–H and O–H groups in total. The van der Waals surface area contributed by atoms with E-state index in [0.29, 0.717) is 37.2 Å². The minimum atomic E-state index is -0.327. The molecule has 0 aliphatic rings. The Bertz CT molecular complexity index is 557. The molecule has 0 aromatic rings. The molecule has 0 radical (unpaired) electrons. The molecule has 0 fully saturated rings. The summed E-state index contributed by atoms with van der Waals surface area (Å²) in [4.78, 5) is 26.2. The molecule has 0 saturated carbocycles. The highest BCUT2D eigenvalue weighted by Crippen LogP contribution is 2.29. The van der Waals surface area contributed by atoms with Crippen LogP contribution in [0.25, 0.3) is 0 Å². The zero-order chi connectivity index (χ0) is 25.7. The van der Waals surface area contributed by atoms with Gasteiger partial charge in [0.05, 0.1) is 13.2 Å². The Labute approximate surface area is 211 Å². The second kappa shape index (κ2) is 21.0. The summed E-state index contributed by atoms with van der Waals surface area (Å²) in [6.45, 7) is 13.7. The third-order valence-electron chi connectivity index (χ3n) is 6.06. The van der Waals surface area contributed by atoms with Gasteiger partial charge in [-0.25, -0.2) is 9.59 Å². The number of hydrogen-bond donors (Lipinski definition) is 0. The molecule has 0 bridgehead atoms. The molecule has 4 nitrogen and oxygen atoms in total. The predicted molar refractivity (Wildman–Crippen MR) is 144 cm³/mol. The Morgan fingerprint density at radius 3 is 1.35 bits per heavy atom. The van der Waals surface area contributed by atoms with Crippen molar-refractivity contribution in [2.75, 3.05) is 13.2 Å². The molecule has 0 saturated heterocycles. The van der Waals surface area contributed by atoms with Crippen LogP contribution >= 0.6 is 0 Å². The van der Waals surface area contributed by atoms with Gasteiger partial charge in [0.2, 0.25) is 0 Å². The minimum Gasteiger partial charge on any atom is -0.462 e. The fourth-order valence-corrected chi connectivity index (χ4v) is 4.03. The number of carbonyl (C=O) groups is 2. The van der Waals surface area contributed by atoms with Crippen molar-refractivity contribution in [1.29, 1.82) is 0 Å². The highest BCUT2D eigenvalue weighted by atomic mass is 16.5. The molecule has 0 amide bonds. The Morgan fingerprint density at radius 2 is 0.912 bits per heavy atom. The number of esters is 2. The van der Waals surface area contributed by atoms with Gasteiger partial charge in [0.15, 0.2) is 0 Å². The van der Waals surface area contributed by atoms with E-state index in [1.54, 1.807) is 0 Å². The third kappa shape index (κ3) is 18.1. The van der Waals surface area contributed by atoms with Gasteiger partial charge in [-0.05, 0) is 37.5 Å². The summed E-state index contributed by atoms with van der Waals surface area (Å²) in [5.74, 6) is -0.646. The molecule has 34 heavy (non-hydrogen) atoms. The lowest BCUT2D eigenvalue weighted by Crippen LogP contribution is -2.21. The Kier molecular flexibility index (Phi) is 20.2. The quantitative estimate of drug-likeness (QED) is 0.0933. The molecule has 0 atom stereocenters. The van der Waals surface area contributed by atoms with E-state index in [0.717, 1.165) is 44.9 Å². The molecule has 0 spiro atoms. The van der Waals surface area contributed by atoms with Crippen molar-refractivity contribution in [3.8, 4) is 0 Å². The summed E-state index contributed by atoms with van der Waals surface area (Å²) < 4.78 is 11.3. The zero-order valence-corrected chi connectivity index (χ0v) is 23.6. The summed E-state index contributed by atoms with van der Waals surface area (Å²) in [5.41, 5.74) is 0.953. The van der Waals surface area contributed by atoms with Gasteiger partial charge in [0, 0.05) is 11.1 Å². The molecule has 0 rings (SSSR count). The van der Waals surface area contributed by atoms with Crippen LogP contribution in [0.3, 0.4) is 0 Å². The second-order valence-electron chi connectivity index (χ2n) is 11.0. The van der Waals surface area contributed by atoms with Gasteiger partial charge in [0.1, 0.15) is 0 Å². The van der Waals surface area contributed by atoms with Crippen molar-refractivity contribution >= 4 is 11.9 Å². The van der Waals surface area contributed by atoms with Crippen LogP contribution in [0.4, 0.5) is 0 Å². The van der Waals surface area contributed by atoms with Gasteiger partial charge >= 0.3 is 11.9 Å². The second-order valence-corrected chi connectivity index (χ2v) is 11.0. The van der Waals surface area contributed by atoms with Gasteiger partial charge in [-0.15, -0.1) is 0 Å². The Hall–Kier alpha value is -1.32. The summed E-state index contributed by atoms with van der Waals surface area (Å²) in [5, 5.41) is 0. The summed E-state index contributed by atoms with van der Waals surface area (Å²) in [6.07, 6.45) is 17.9. The van der Waals surface area contributed by atoms with E-state index in [2.05, 4.69) is 41.5 Å². The predicted octanol–water partition coefficient (Wildman–Crippen LogP) is 9.11. The van der Waals surface area contributed by atoms with Gasteiger partial charge in [-0.2, -0.15) is 0 Å². The van der Waals surface area contributed by atoms with Crippen LogP contribution in [0.2, 0.25) is 0 Å². The minimum absolute atomic E-state index is 0.121. The molecule has 4 heteroatoms. The van der Waals surface area contributed by atoms with E-state index in [1.807, 2.05) is 0 Å². The fraction of sp³-hybridized carbons (Fsp3) is 0.867. The number of carbonyl (C=O) groups excluding carboxylic acids is 2. The van der Waals surface area contributed by atoms with Gasteiger partial charge in [-0.1, -0.05) is 119 Å². The van der Waals surface area contributed by atoms with Crippen LogP contribution in [0.1, 0.15) is 151 Å². The monoisotopic (exact) mass is 480 g/mol. The maximum absolute atomic E-state index is 13.1. The SMILES string of the molecule is CCCCCCCCOC(=O)/C(CCCCC)=C(/CC(C)(C)C)C(=O)OCCCCCCCC. The maximum atomic E-state index is 13.1. The molecule has 200 valence electrons. The van der Waals surface area contributed by atoms with Crippen molar-refractivity contribution in [2.45, 2.75) is 151 Å². The first-order chi connectivity index (χ1) is 16.3. The number of hydrogen-bond acceptors (Lipinski definition) is 4. The first-order valence-electron chi connectivity index (χ1n) is 14.3. The Balaban J connectivity index is 5.16. The summed E-state index contributed by atoms with van der Waals surface area (Å²) in [6, 6.07) is 0. The lowest BCUT2D eigenvalue weighted by atomic mass is 9.85. The lowest BCUT2D eigenvalue weighted by molar-refractivity contribution is -0.143. The normalized spacial score (nSPS) is 12.4. The van der Waals surface area contributed by atoms with Crippen LogP contribution in [0.5, 0.6) is 0 Å². The number of rotatable bonds is 21. The van der Waals surface area contributed by atoms with Crippen molar-refractivity contribution in [2.24, 2.45) is 5.41 Å². The van der Waals surface area contributed by atoms with Crippen LogP contribution in [0, 0.1) is 5.41 Å². The Morgan fingerprint density at radius 1 is 0.529 bits per heavy atom. The molecular formula is C30H56O4. The van der Waals surface area contributed by atoms with E-state index in [9.17, 15) is 9.59 Å². The van der Waals surface area contributed by atoms with Gasteiger partial charge < -0.3 is 9.47 Å². The highest BCUT2D eigenvalue weighted by Gasteiger charge is 2.27. The van der Waals surface area contributed by atoms with E-state index in [-0.39, 0.29) is 17.4 Å². The van der Waals surface area contributed by atoms with Crippen molar-refractivity contribution in [1.82, 2.24) is 0 Å². The molecular weight excluding hydrogens is 424 g/mol. The molecule has 0 aliphatic carbocycles. The average molecular weight is 481 g/mol. The zero-order valence-electron chi connectivity index (χ0n) is 23.6. The van der Waals surface area contributed by atoms with Crippen LogP contribution in [-0.4, -0.2) is 25.2 Å². The number of unbranched alkanes of at least 4 members (excludes halogenated alkanes) is 12. The van der Waals surface area contributed by atoms with E-state index >= 15 is 0 Å². The molecule has 0 aliphatic heterocycles. The van der Waals surface area contributed by atoms with E-state index in [1.165, 1.54) is 51.4 Å². The van der Waals surface area contributed by atoms with Crippen molar-refractivity contribution < 1.29 is 19.1 Å². The van der Waals surface area contributed by atoms with Crippen LogP contribution in [0.15, 0.2) is 11.1 Å². The largest absolute Gasteiger partial charge is 0.462 e. The van der Waals surface area contributed by atoms with Crippen LogP contribution in [-0.2, 0) is 19.1 Å². The topological polar surface area (TPSA) is 52.6 Å².